The first-order valence-electron chi connectivity index (χ1n) is 10.7. The van der Waals surface area contributed by atoms with Crippen molar-refractivity contribution in [3.05, 3.63) is 57.6 Å². The van der Waals surface area contributed by atoms with Crippen LogP contribution in [-0.2, 0) is 18.3 Å². The lowest BCUT2D eigenvalue weighted by Crippen LogP contribution is -2.26. The smallest absolute Gasteiger partial charge is 0.324 e. The predicted octanol–water partition coefficient (Wildman–Crippen LogP) is 3.78. The summed E-state index contributed by atoms with van der Waals surface area (Å²) in [7, 11) is 1.59. The first kappa shape index (κ1) is 21.6. The molecule has 4 rings (SSSR count). The minimum atomic E-state index is -0.433. The van der Waals surface area contributed by atoms with Gasteiger partial charge in [0.2, 0.25) is 5.95 Å². The lowest BCUT2D eigenvalue weighted by molar-refractivity contribution is 0.262. The third-order valence-corrected chi connectivity index (χ3v) is 5.45. The third-order valence-electron chi connectivity index (χ3n) is 5.45. The van der Waals surface area contributed by atoms with Crippen molar-refractivity contribution in [2.45, 2.75) is 51.9 Å². The van der Waals surface area contributed by atoms with Crippen LogP contribution in [0.5, 0.6) is 5.75 Å². The summed E-state index contributed by atoms with van der Waals surface area (Å²) in [4.78, 5) is 32.8. The van der Waals surface area contributed by atoms with Gasteiger partial charge in [-0.3, -0.25) is 15.1 Å². The number of urea groups is 1. The van der Waals surface area contributed by atoms with Gasteiger partial charge in [0, 0.05) is 22.7 Å². The van der Waals surface area contributed by atoms with Gasteiger partial charge in [-0.15, -0.1) is 0 Å². The van der Waals surface area contributed by atoms with Crippen LogP contribution in [0.3, 0.4) is 0 Å². The normalized spacial score (nSPS) is 13.4. The number of anilines is 2. The Hall–Kier alpha value is -3.62. The highest BCUT2D eigenvalue weighted by molar-refractivity contribution is 5.99. The Labute approximate surface area is 186 Å². The number of amides is 2. The van der Waals surface area contributed by atoms with Gasteiger partial charge in [-0.1, -0.05) is 20.8 Å². The summed E-state index contributed by atoms with van der Waals surface area (Å²) in [5.41, 5.74) is 2.52. The van der Waals surface area contributed by atoms with E-state index >= 15 is 0 Å². The molecule has 1 aromatic carbocycles. The zero-order valence-electron chi connectivity index (χ0n) is 18.8. The number of H-pyrrole nitrogens is 1. The number of aromatic amines is 1. The second kappa shape index (κ2) is 8.49. The Kier molecular flexibility index (Phi) is 5.73. The monoisotopic (exact) mass is 436 g/mol. The van der Waals surface area contributed by atoms with E-state index in [9.17, 15) is 9.59 Å². The second-order valence-corrected chi connectivity index (χ2v) is 8.91. The van der Waals surface area contributed by atoms with Crippen molar-refractivity contribution in [1.29, 1.82) is 0 Å². The van der Waals surface area contributed by atoms with Gasteiger partial charge in [-0.05, 0) is 49.9 Å². The van der Waals surface area contributed by atoms with E-state index in [2.05, 4.69) is 25.7 Å². The van der Waals surface area contributed by atoms with Gasteiger partial charge in [0.15, 0.2) is 0 Å². The van der Waals surface area contributed by atoms with Crippen molar-refractivity contribution in [2.75, 3.05) is 17.7 Å². The molecule has 168 valence electrons. The van der Waals surface area contributed by atoms with Crippen molar-refractivity contribution >= 4 is 17.5 Å². The molecule has 0 bridgehead atoms. The third kappa shape index (κ3) is 4.51. The Bertz CT molecular complexity index is 1190. The van der Waals surface area contributed by atoms with Crippen molar-refractivity contribution in [2.24, 2.45) is 0 Å². The largest absolute Gasteiger partial charge is 0.497 e. The number of rotatable bonds is 4. The van der Waals surface area contributed by atoms with E-state index in [0.29, 0.717) is 23.2 Å². The average molecular weight is 437 g/mol. The Morgan fingerprint density at radius 1 is 1.12 bits per heavy atom. The first-order chi connectivity index (χ1) is 15.2. The van der Waals surface area contributed by atoms with Gasteiger partial charge in [-0.2, -0.15) is 9.78 Å². The van der Waals surface area contributed by atoms with Crippen LogP contribution in [0.15, 0.2) is 35.1 Å². The lowest BCUT2D eigenvalue weighted by atomic mass is 9.92. The molecule has 0 saturated carbocycles. The molecule has 1 aliphatic rings. The van der Waals surface area contributed by atoms with Crippen LogP contribution in [0.4, 0.5) is 16.3 Å². The van der Waals surface area contributed by atoms with Gasteiger partial charge in [0.1, 0.15) is 11.6 Å². The predicted molar refractivity (Wildman–Crippen MR) is 123 cm³/mol. The fraction of sp³-hybridized carbons (Fsp3) is 0.391. The number of carbonyl (C=O) groups excluding carboxylic acids is 1. The molecule has 0 atom stereocenters. The molecule has 0 aliphatic heterocycles. The average Bonchev–Trinajstić information content (AvgIpc) is 3.18. The number of aryl methyl sites for hydroxylation is 1. The van der Waals surface area contributed by atoms with Crippen LogP contribution in [-0.4, -0.2) is 32.9 Å². The summed E-state index contributed by atoms with van der Waals surface area (Å²) < 4.78 is 6.63. The number of hydrogen-bond donors (Lipinski definition) is 3. The highest BCUT2D eigenvalue weighted by Crippen LogP contribution is 2.26. The van der Waals surface area contributed by atoms with Crippen molar-refractivity contribution in [3.8, 4) is 11.7 Å². The SMILES string of the molecule is COc1ccc(NC(=O)Nc2cc(C(C)(C)C)nn2-c2nc3c(c(=O)[nH]2)CCCC3)cc1. The summed E-state index contributed by atoms with van der Waals surface area (Å²) in [5, 5.41) is 10.3. The highest BCUT2D eigenvalue weighted by atomic mass is 16.5. The maximum atomic E-state index is 12.7. The van der Waals surface area contributed by atoms with Crippen LogP contribution in [0, 0.1) is 0 Å². The van der Waals surface area contributed by atoms with Crippen LogP contribution in [0.25, 0.3) is 5.95 Å². The van der Waals surface area contributed by atoms with E-state index in [1.54, 1.807) is 37.4 Å². The molecule has 9 nitrogen and oxygen atoms in total. The highest BCUT2D eigenvalue weighted by Gasteiger charge is 2.24. The molecule has 9 heteroatoms. The van der Waals surface area contributed by atoms with E-state index in [4.69, 9.17) is 4.74 Å². The number of methoxy groups -OCH3 is 1. The molecular formula is C23H28N6O3. The Balaban J connectivity index is 1.66. The molecule has 3 N–H and O–H groups in total. The van der Waals surface area contributed by atoms with Gasteiger partial charge in [0.05, 0.1) is 18.5 Å². The number of aromatic nitrogens is 4. The van der Waals surface area contributed by atoms with Gasteiger partial charge >= 0.3 is 6.03 Å². The van der Waals surface area contributed by atoms with Crippen LogP contribution < -0.4 is 20.9 Å². The quantitative estimate of drug-likeness (QED) is 0.576. The summed E-state index contributed by atoms with van der Waals surface area (Å²) in [6.07, 6.45) is 3.50. The zero-order chi connectivity index (χ0) is 22.9. The summed E-state index contributed by atoms with van der Waals surface area (Å²) >= 11 is 0. The maximum absolute atomic E-state index is 12.7. The molecule has 3 aromatic rings. The molecule has 0 radical (unpaired) electrons. The molecular weight excluding hydrogens is 408 g/mol. The van der Waals surface area contributed by atoms with E-state index in [1.165, 1.54) is 4.68 Å². The molecule has 1 aliphatic carbocycles. The van der Waals surface area contributed by atoms with E-state index < -0.39 is 6.03 Å². The van der Waals surface area contributed by atoms with Crippen LogP contribution >= 0.6 is 0 Å². The molecule has 2 aromatic heterocycles. The fourth-order valence-electron chi connectivity index (χ4n) is 3.64. The molecule has 0 fully saturated rings. The van der Waals surface area contributed by atoms with Gasteiger partial charge < -0.3 is 10.1 Å². The number of benzene rings is 1. The zero-order valence-corrected chi connectivity index (χ0v) is 18.8. The van der Waals surface area contributed by atoms with Gasteiger partial charge in [-0.25, -0.2) is 9.78 Å². The summed E-state index contributed by atoms with van der Waals surface area (Å²) in [6, 6.07) is 8.39. The Morgan fingerprint density at radius 2 is 1.84 bits per heavy atom. The topological polar surface area (TPSA) is 114 Å². The summed E-state index contributed by atoms with van der Waals surface area (Å²) in [6.45, 7) is 6.09. The van der Waals surface area contributed by atoms with Crippen molar-refractivity contribution in [1.82, 2.24) is 19.7 Å². The summed E-state index contributed by atoms with van der Waals surface area (Å²) in [5.74, 6) is 1.41. The second-order valence-electron chi connectivity index (χ2n) is 8.91. The first-order valence-corrected chi connectivity index (χ1v) is 10.7. The number of nitrogens with one attached hydrogen (secondary N) is 3. The number of hydrogen-bond acceptors (Lipinski definition) is 5. The molecule has 0 saturated heterocycles. The minimum Gasteiger partial charge on any atom is -0.497 e. The maximum Gasteiger partial charge on any atom is 0.324 e. The van der Waals surface area contributed by atoms with Crippen molar-refractivity contribution in [3.63, 3.8) is 0 Å². The Morgan fingerprint density at radius 3 is 2.53 bits per heavy atom. The van der Waals surface area contributed by atoms with Gasteiger partial charge in [0.25, 0.3) is 5.56 Å². The minimum absolute atomic E-state index is 0.147. The molecule has 0 spiro atoms. The molecule has 2 amide bonds. The van der Waals surface area contributed by atoms with E-state index in [1.807, 2.05) is 20.8 Å². The molecule has 32 heavy (non-hydrogen) atoms. The number of ether oxygens (including phenoxy) is 1. The van der Waals surface area contributed by atoms with Crippen LogP contribution in [0.2, 0.25) is 0 Å². The van der Waals surface area contributed by atoms with Crippen LogP contribution in [0.1, 0.15) is 50.6 Å². The molecule has 2 heterocycles. The standard InChI is InChI=1S/C23H28N6O3/c1-23(2,3)18-13-19(26-22(31)24-14-9-11-15(32-4)12-10-14)29(28-18)21-25-17-8-6-5-7-16(17)20(30)27-21/h9-13H,5-8H2,1-4H3,(H2,24,26,31)(H,25,27,30). The number of nitrogens with zero attached hydrogens (tertiary/aromatic N) is 3. The lowest BCUT2D eigenvalue weighted by Gasteiger charge is -2.16. The number of carbonyl (C=O) groups is 1. The number of fused-ring (bicyclic) bond motifs is 1. The van der Waals surface area contributed by atoms with E-state index in [0.717, 1.165) is 42.6 Å². The van der Waals surface area contributed by atoms with Crippen molar-refractivity contribution < 1.29 is 9.53 Å². The molecule has 0 unspecified atom stereocenters. The fourth-order valence-corrected chi connectivity index (χ4v) is 3.64. The van der Waals surface area contributed by atoms with E-state index in [-0.39, 0.29) is 11.0 Å².